The average Bonchev–Trinajstić information content (AvgIpc) is 2.30. The molecule has 6 N–H and O–H groups in total. The van der Waals surface area contributed by atoms with Crippen LogP contribution in [0, 0.1) is 6.92 Å². The first-order valence-corrected chi connectivity index (χ1v) is 6.39. The molecule has 0 saturated heterocycles. The van der Waals surface area contributed by atoms with E-state index in [9.17, 15) is 8.78 Å². The molecule has 110 valence electrons. The Hall–Kier alpha value is -1.60. The molecule has 0 bridgehead atoms. The number of nitrogens with zero attached hydrogens (tertiary/aromatic N) is 2. The van der Waals surface area contributed by atoms with Gasteiger partial charge in [0.05, 0.1) is 16.8 Å². The number of amidine groups is 1. The molecule has 8 heteroatoms. The Bertz CT molecular complexity index is 553. The molecule has 0 radical (unpaired) electrons. The third kappa shape index (κ3) is 2.94. The molecule has 0 heterocycles. The molecule has 1 aliphatic carbocycles. The summed E-state index contributed by atoms with van der Waals surface area (Å²) >= 11 is 5.89. The predicted octanol–water partition coefficient (Wildman–Crippen LogP) is 1.82. The zero-order valence-corrected chi connectivity index (χ0v) is 11.7. The molecule has 1 fully saturated rings. The number of nitrogen functional groups attached to an aromatic ring is 1. The van der Waals surface area contributed by atoms with Gasteiger partial charge in [-0.15, -0.1) is 5.10 Å². The van der Waals surface area contributed by atoms with Crippen molar-refractivity contribution < 1.29 is 8.78 Å². The van der Waals surface area contributed by atoms with Gasteiger partial charge >= 0.3 is 0 Å². The molecular formula is C12H16ClF2N5. The molecule has 1 aromatic carbocycles. The quantitative estimate of drug-likeness (QED) is 0.261. The van der Waals surface area contributed by atoms with Crippen molar-refractivity contribution in [1.82, 2.24) is 5.12 Å². The van der Waals surface area contributed by atoms with Crippen LogP contribution >= 0.6 is 11.6 Å². The van der Waals surface area contributed by atoms with Crippen LogP contribution in [-0.2, 0) is 0 Å². The van der Waals surface area contributed by atoms with Gasteiger partial charge in [-0.2, -0.15) is 0 Å². The second-order valence-corrected chi connectivity index (χ2v) is 5.38. The summed E-state index contributed by atoms with van der Waals surface area (Å²) in [5.74, 6) is 3.09. The highest BCUT2D eigenvalue weighted by molar-refractivity contribution is 6.33. The highest BCUT2D eigenvalue weighted by Gasteiger charge is 2.47. The fourth-order valence-corrected chi connectivity index (χ4v) is 2.26. The lowest BCUT2D eigenvalue weighted by molar-refractivity contribution is -0.124. The lowest BCUT2D eigenvalue weighted by Crippen LogP contribution is -2.52. The maximum Gasteiger partial charge on any atom is 0.252 e. The molecule has 0 atom stereocenters. The van der Waals surface area contributed by atoms with Gasteiger partial charge in [0.1, 0.15) is 0 Å². The molecule has 1 aromatic rings. The largest absolute Gasteiger partial charge is 0.398 e. The van der Waals surface area contributed by atoms with Gasteiger partial charge < -0.3 is 11.5 Å². The van der Waals surface area contributed by atoms with Gasteiger partial charge in [0, 0.05) is 18.4 Å². The summed E-state index contributed by atoms with van der Waals surface area (Å²) in [6, 6.07) is 2.74. The fraction of sp³-hybridized carbons (Fsp3) is 0.417. The van der Waals surface area contributed by atoms with E-state index in [4.69, 9.17) is 28.9 Å². The second-order valence-electron chi connectivity index (χ2n) is 4.97. The standard InChI is InChI=1S/C12H16ClF2N5/c1-6-2-9(13)10(16)3-8(6)11(17)19-20(18)7-4-12(14,15)5-7/h2-3,7H,4-5,16,18H2,1H3,(H2,17,19). The Kier molecular flexibility index (Phi) is 3.75. The maximum atomic E-state index is 12.8. The van der Waals surface area contributed by atoms with Gasteiger partial charge in [-0.1, -0.05) is 11.6 Å². The third-order valence-corrected chi connectivity index (χ3v) is 3.61. The minimum Gasteiger partial charge on any atom is -0.398 e. The summed E-state index contributed by atoms with van der Waals surface area (Å²) < 4.78 is 25.6. The summed E-state index contributed by atoms with van der Waals surface area (Å²) in [4.78, 5) is 0. The number of rotatable bonds is 3. The normalized spacial score (nSPS) is 18.8. The van der Waals surface area contributed by atoms with E-state index < -0.39 is 12.0 Å². The first kappa shape index (κ1) is 14.8. The Morgan fingerprint density at radius 3 is 2.60 bits per heavy atom. The maximum absolute atomic E-state index is 12.8. The van der Waals surface area contributed by atoms with Crippen LogP contribution in [0.5, 0.6) is 0 Å². The minimum atomic E-state index is -2.66. The van der Waals surface area contributed by atoms with Crippen LogP contribution in [0.15, 0.2) is 17.2 Å². The van der Waals surface area contributed by atoms with Gasteiger partial charge in [-0.25, -0.2) is 19.7 Å². The molecule has 0 spiro atoms. The Balaban J connectivity index is 2.17. The van der Waals surface area contributed by atoms with Gasteiger partial charge in [-0.3, -0.25) is 0 Å². The van der Waals surface area contributed by atoms with E-state index in [0.717, 1.165) is 10.7 Å². The van der Waals surface area contributed by atoms with Crippen molar-refractivity contribution in [3.05, 3.63) is 28.3 Å². The van der Waals surface area contributed by atoms with Crippen molar-refractivity contribution in [2.24, 2.45) is 16.7 Å². The number of benzene rings is 1. The average molecular weight is 304 g/mol. The molecule has 1 saturated carbocycles. The predicted molar refractivity (Wildman–Crippen MR) is 75.3 cm³/mol. The number of alkyl halides is 2. The lowest BCUT2D eigenvalue weighted by Gasteiger charge is -2.38. The Labute approximate surface area is 120 Å². The number of halogens is 3. The van der Waals surface area contributed by atoms with Crippen molar-refractivity contribution >= 4 is 23.1 Å². The van der Waals surface area contributed by atoms with Gasteiger partial charge in [0.2, 0.25) is 0 Å². The summed E-state index contributed by atoms with van der Waals surface area (Å²) in [6.07, 6.45) is -0.635. The van der Waals surface area contributed by atoms with E-state index in [1.807, 2.05) is 0 Å². The van der Waals surface area contributed by atoms with Crippen molar-refractivity contribution in [2.45, 2.75) is 31.7 Å². The number of hydrazone groups is 1. The number of hydrogen-bond donors (Lipinski definition) is 3. The highest BCUT2D eigenvalue weighted by Crippen LogP contribution is 2.39. The van der Waals surface area contributed by atoms with Gasteiger partial charge in [0.15, 0.2) is 5.84 Å². The Morgan fingerprint density at radius 1 is 1.45 bits per heavy atom. The highest BCUT2D eigenvalue weighted by atomic mass is 35.5. The van der Waals surface area contributed by atoms with E-state index in [1.165, 1.54) is 0 Å². The number of nitrogens with two attached hydrogens (primary N) is 3. The minimum absolute atomic E-state index is 0.114. The number of anilines is 1. The first-order chi connectivity index (χ1) is 9.19. The second kappa shape index (κ2) is 5.06. The van der Waals surface area contributed by atoms with E-state index in [1.54, 1.807) is 19.1 Å². The fourth-order valence-electron chi connectivity index (χ4n) is 2.04. The monoisotopic (exact) mass is 303 g/mol. The lowest BCUT2D eigenvalue weighted by atomic mass is 9.88. The number of hydrogen-bond acceptors (Lipinski definition) is 4. The van der Waals surface area contributed by atoms with Crippen LogP contribution in [0.25, 0.3) is 0 Å². The molecule has 1 aliphatic rings. The zero-order valence-electron chi connectivity index (χ0n) is 10.9. The van der Waals surface area contributed by atoms with E-state index in [-0.39, 0.29) is 18.7 Å². The van der Waals surface area contributed by atoms with Crippen molar-refractivity contribution in [2.75, 3.05) is 5.73 Å². The third-order valence-electron chi connectivity index (χ3n) is 3.29. The van der Waals surface area contributed by atoms with E-state index in [2.05, 4.69) is 5.10 Å². The van der Waals surface area contributed by atoms with Crippen LogP contribution in [0.1, 0.15) is 24.0 Å². The van der Waals surface area contributed by atoms with Gasteiger partial charge in [-0.05, 0) is 24.6 Å². The van der Waals surface area contributed by atoms with Crippen LogP contribution in [0.4, 0.5) is 14.5 Å². The smallest absolute Gasteiger partial charge is 0.252 e. The summed E-state index contributed by atoms with van der Waals surface area (Å²) in [5.41, 5.74) is 13.3. The van der Waals surface area contributed by atoms with Crippen LogP contribution in [-0.4, -0.2) is 22.9 Å². The van der Waals surface area contributed by atoms with E-state index >= 15 is 0 Å². The molecule has 20 heavy (non-hydrogen) atoms. The Morgan fingerprint density at radius 2 is 2.05 bits per heavy atom. The molecule has 0 unspecified atom stereocenters. The zero-order chi connectivity index (χ0) is 15.1. The molecule has 0 aromatic heterocycles. The topological polar surface area (TPSA) is 93.7 Å². The molecule has 0 aliphatic heterocycles. The van der Waals surface area contributed by atoms with Crippen LogP contribution in [0.2, 0.25) is 5.02 Å². The van der Waals surface area contributed by atoms with Gasteiger partial charge in [0.25, 0.3) is 5.92 Å². The van der Waals surface area contributed by atoms with Crippen molar-refractivity contribution in [1.29, 1.82) is 0 Å². The molecule has 0 amide bonds. The summed E-state index contributed by atoms with van der Waals surface area (Å²) in [5, 5.41) is 5.34. The van der Waals surface area contributed by atoms with Crippen LogP contribution < -0.4 is 17.3 Å². The molecule has 2 rings (SSSR count). The summed E-state index contributed by atoms with van der Waals surface area (Å²) in [7, 11) is 0. The number of hydrazine groups is 1. The number of aryl methyl sites for hydroxylation is 1. The molecular weight excluding hydrogens is 288 g/mol. The SMILES string of the molecule is Cc1cc(Cl)c(N)cc1/C(N)=N/N(N)C1CC(F)(F)C1. The molecule has 5 nitrogen and oxygen atoms in total. The summed E-state index contributed by atoms with van der Waals surface area (Å²) in [6.45, 7) is 1.79. The van der Waals surface area contributed by atoms with Crippen LogP contribution in [0.3, 0.4) is 0 Å². The first-order valence-electron chi connectivity index (χ1n) is 6.01. The van der Waals surface area contributed by atoms with Crippen molar-refractivity contribution in [3.63, 3.8) is 0 Å². The van der Waals surface area contributed by atoms with E-state index in [0.29, 0.717) is 16.3 Å². The van der Waals surface area contributed by atoms with Crippen molar-refractivity contribution in [3.8, 4) is 0 Å².